The molecule has 0 aliphatic carbocycles. The third-order valence-electron chi connectivity index (χ3n) is 3.14. The van der Waals surface area contributed by atoms with E-state index in [1.54, 1.807) is 25.5 Å². The highest BCUT2D eigenvalue weighted by Gasteiger charge is 2.04. The van der Waals surface area contributed by atoms with Crippen molar-refractivity contribution in [1.82, 2.24) is 5.43 Å². The van der Waals surface area contributed by atoms with E-state index in [-0.39, 0.29) is 5.91 Å². The maximum Gasteiger partial charge on any atom is 0.271 e. The second kappa shape index (κ2) is 7.26. The largest absolute Gasteiger partial charge is 0.497 e. The van der Waals surface area contributed by atoms with Crippen molar-refractivity contribution >= 4 is 17.8 Å². The van der Waals surface area contributed by atoms with Crippen LogP contribution in [0.3, 0.4) is 0 Å². The molecule has 1 N–H and O–H groups in total. The van der Waals surface area contributed by atoms with Gasteiger partial charge < -0.3 is 9.64 Å². The standard InChI is InChI=1S/C17H19N3O2/c1-20(2)15-8-6-14(7-9-15)17(21)19-18-12-13-4-10-16(22-3)11-5-13/h4-12H,1-3H3,(H,19,21)/b18-12-. The zero-order valence-electron chi connectivity index (χ0n) is 12.9. The summed E-state index contributed by atoms with van der Waals surface area (Å²) in [5.74, 6) is 0.539. The Morgan fingerprint density at radius 1 is 1.09 bits per heavy atom. The molecule has 0 aliphatic rings. The molecule has 2 aromatic carbocycles. The SMILES string of the molecule is COc1ccc(/C=N\NC(=O)c2ccc(N(C)C)cc2)cc1. The summed E-state index contributed by atoms with van der Waals surface area (Å²) in [6, 6.07) is 14.7. The third kappa shape index (κ3) is 4.09. The molecule has 0 saturated carbocycles. The molecule has 0 bridgehead atoms. The van der Waals surface area contributed by atoms with Crippen molar-refractivity contribution in [2.75, 3.05) is 26.1 Å². The molecule has 0 aliphatic heterocycles. The molecular weight excluding hydrogens is 278 g/mol. The van der Waals surface area contributed by atoms with Crippen molar-refractivity contribution in [3.8, 4) is 5.75 Å². The van der Waals surface area contributed by atoms with Crippen molar-refractivity contribution in [2.24, 2.45) is 5.10 Å². The lowest BCUT2D eigenvalue weighted by Gasteiger charge is -2.12. The third-order valence-corrected chi connectivity index (χ3v) is 3.14. The van der Waals surface area contributed by atoms with E-state index < -0.39 is 0 Å². The molecule has 0 unspecified atom stereocenters. The molecule has 22 heavy (non-hydrogen) atoms. The van der Waals surface area contributed by atoms with Gasteiger partial charge in [-0.25, -0.2) is 5.43 Å². The van der Waals surface area contributed by atoms with Crippen LogP contribution < -0.4 is 15.1 Å². The fourth-order valence-electron chi connectivity index (χ4n) is 1.83. The summed E-state index contributed by atoms with van der Waals surface area (Å²) >= 11 is 0. The minimum Gasteiger partial charge on any atom is -0.497 e. The first-order chi connectivity index (χ1) is 10.6. The van der Waals surface area contributed by atoms with Crippen LogP contribution >= 0.6 is 0 Å². The number of carbonyl (C=O) groups excluding carboxylic acids is 1. The van der Waals surface area contributed by atoms with Gasteiger partial charge in [-0.3, -0.25) is 4.79 Å². The van der Waals surface area contributed by atoms with Crippen molar-refractivity contribution < 1.29 is 9.53 Å². The van der Waals surface area contributed by atoms with Gasteiger partial charge in [0.25, 0.3) is 5.91 Å². The van der Waals surface area contributed by atoms with E-state index in [4.69, 9.17) is 4.74 Å². The molecule has 5 nitrogen and oxygen atoms in total. The van der Waals surface area contributed by atoms with Gasteiger partial charge in [-0.1, -0.05) is 0 Å². The summed E-state index contributed by atoms with van der Waals surface area (Å²) in [6.45, 7) is 0. The van der Waals surface area contributed by atoms with Gasteiger partial charge in [-0.2, -0.15) is 5.10 Å². The number of methoxy groups -OCH3 is 1. The minimum absolute atomic E-state index is 0.241. The summed E-state index contributed by atoms with van der Waals surface area (Å²) in [5.41, 5.74) is 5.00. The van der Waals surface area contributed by atoms with E-state index in [0.29, 0.717) is 5.56 Å². The first-order valence-corrected chi connectivity index (χ1v) is 6.85. The molecule has 2 rings (SSSR count). The van der Waals surface area contributed by atoms with Crippen LogP contribution in [0.1, 0.15) is 15.9 Å². The van der Waals surface area contributed by atoms with Gasteiger partial charge in [0.15, 0.2) is 0 Å². The summed E-state index contributed by atoms with van der Waals surface area (Å²) in [5, 5.41) is 3.96. The van der Waals surface area contributed by atoms with Crippen molar-refractivity contribution in [3.05, 3.63) is 59.7 Å². The molecule has 0 radical (unpaired) electrons. The number of benzene rings is 2. The van der Waals surface area contributed by atoms with E-state index in [1.165, 1.54) is 0 Å². The molecule has 1 amide bonds. The number of hydrazone groups is 1. The zero-order chi connectivity index (χ0) is 15.9. The zero-order valence-corrected chi connectivity index (χ0v) is 12.9. The second-order valence-electron chi connectivity index (χ2n) is 4.91. The number of nitrogens with zero attached hydrogens (tertiary/aromatic N) is 2. The van der Waals surface area contributed by atoms with E-state index >= 15 is 0 Å². The van der Waals surface area contributed by atoms with Gasteiger partial charge in [0, 0.05) is 25.3 Å². The Balaban J connectivity index is 1.95. The molecule has 0 saturated heterocycles. The van der Waals surface area contributed by atoms with Gasteiger partial charge in [-0.05, 0) is 54.1 Å². The van der Waals surface area contributed by atoms with Crippen molar-refractivity contribution in [1.29, 1.82) is 0 Å². The second-order valence-corrected chi connectivity index (χ2v) is 4.91. The highest BCUT2D eigenvalue weighted by atomic mass is 16.5. The number of ether oxygens (including phenoxy) is 1. The van der Waals surface area contributed by atoms with Crippen LogP contribution in [0.15, 0.2) is 53.6 Å². The predicted octanol–water partition coefficient (Wildman–Crippen LogP) is 2.53. The lowest BCUT2D eigenvalue weighted by Crippen LogP contribution is -2.17. The highest BCUT2D eigenvalue weighted by molar-refractivity contribution is 5.95. The number of nitrogens with one attached hydrogen (secondary N) is 1. The number of hydrogen-bond acceptors (Lipinski definition) is 4. The van der Waals surface area contributed by atoms with Gasteiger partial charge in [0.1, 0.15) is 5.75 Å². The first-order valence-electron chi connectivity index (χ1n) is 6.85. The molecule has 0 spiro atoms. The lowest BCUT2D eigenvalue weighted by molar-refractivity contribution is 0.0955. The van der Waals surface area contributed by atoms with Crippen molar-refractivity contribution in [2.45, 2.75) is 0 Å². The Hall–Kier alpha value is -2.82. The average molecular weight is 297 g/mol. The molecule has 0 aromatic heterocycles. The smallest absolute Gasteiger partial charge is 0.271 e. The Labute approximate surface area is 130 Å². The van der Waals surface area contributed by atoms with Gasteiger partial charge in [0.05, 0.1) is 13.3 Å². The number of rotatable bonds is 5. The predicted molar refractivity (Wildman–Crippen MR) is 88.8 cm³/mol. The Morgan fingerprint density at radius 2 is 1.73 bits per heavy atom. The van der Waals surface area contributed by atoms with Gasteiger partial charge in [-0.15, -0.1) is 0 Å². The van der Waals surface area contributed by atoms with Crippen LogP contribution in [0.5, 0.6) is 5.75 Å². The molecule has 2 aromatic rings. The van der Waals surface area contributed by atoms with Crippen LogP contribution in [-0.2, 0) is 0 Å². The maximum absolute atomic E-state index is 12.0. The summed E-state index contributed by atoms with van der Waals surface area (Å²) in [6.07, 6.45) is 1.59. The number of carbonyl (C=O) groups is 1. The minimum atomic E-state index is -0.241. The first kappa shape index (κ1) is 15.6. The van der Waals surface area contributed by atoms with E-state index in [0.717, 1.165) is 17.0 Å². The summed E-state index contributed by atoms with van der Waals surface area (Å²) < 4.78 is 5.08. The Bertz CT molecular complexity index is 647. The number of amides is 1. The van der Waals surface area contributed by atoms with Crippen LogP contribution in [0.25, 0.3) is 0 Å². The monoisotopic (exact) mass is 297 g/mol. The molecule has 5 heteroatoms. The topological polar surface area (TPSA) is 53.9 Å². The maximum atomic E-state index is 12.0. The Morgan fingerprint density at radius 3 is 2.27 bits per heavy atom. The van der Waals surface area contributed by atoms with Crippen LogP contribution in [-0.4, -0.2) is 33.3 Å². The fraction of sp³-hybridized carbons (Fsp3) is 0.176. The van der Waals surface area contributed by atoms with Crippen LogP contribution in [0.2, 0.25) is 0 Å². The van der Waals surface area contributed by atoms with E-state index in [1.807, 2.05) is 55.4 Å². The molecule has 0 heterocycles. The van der Waals surface area contributed by atoms with E-state index in [9.17, 15) is 4.79 Å². The highest BCUT2D eigenvalue weighted by Crippen LogP contribution is 2.12. The van der Waals surface area contributed by atoms with Gasteiger partial charge in [0.2, 0.25) is 0 Å². The Kier molecular flexibility index (Phi) is 5.14. The molecular formula is C17H19N3O2. The average Bonchev–Trinajstić information content (AvgIpc) is 2.55. The summed E-state index contributed by atoms with van der Waals surface area (Å²) in [7, 11) is 5.52. The number of hydrogen-bond donors (Lipinski definition) is 1. The molecule has 0 atom stereocenters. The molecule has 0 fully saturated rings. The van der Waals surface area contributed by atoms with Crippen LogP contribution in [0, 0.1) is 0 Å². The lowest BCUT2D eigenvalue weighted by atomic mass is 10.2. The van der Waals surface area contributed by atoms with Gasteiger partial charge >= 0.3 is 0 Å². The van der Waals surface area contributed by atoms with Crippen LogP contribution in [0.4, 0.5) is 5.69 Å². The fourth-order valence-corrected chi connectivity index (χ4v) is 1.83. The molecule has 114 valence electrons. The number of anilines is 1. The van der Waals surface area contributed by atoms with Crippen molar-refractivity contribution in [3.63, 3.8) is 0 Å². The normalized spacial score (nSPS) is 10.5. The summed E-state index contributed by atoms with van der Waals surface area (Å²) in [4.78, 5) is 13.9. The quantitative estimate of drug-likeness (QED) is 0.681. The van der Waals surface area contributed by atoms with E-state index in [2.05, 4.69) is 10.5 Å².